The third-order valence-corrected chi connectivity index (χ3v) is 3.38. The molecule has 4 heteroatoms. The Morgan fingerprint density at radius 2 is 1.89 bits per heavy atom. The molecule has 1 unspecified atom stereocenters. The Morgan fingerprint density at radius 1 is 1.16 bits per heavy atom. The summed E-state index contributed by atoms with van der Waals surface area (Å²) in [6, 6.07) is 13.3. The molecular weight excluding hydrogens is 260 g/mol. The summed E-state index contributed by atoms with van der Waals surface area (Å²) in [5.41, 5.74) is 1.55. The lowest BCUT2D eigenvalue weighted by Crippen LogP contribution is -2.19. The molecule has 1 aromatic heterocycles. The number of furan rings is 1. The second-order valence-electron chi connectivity index (χ2n) is 4.33. The maximum absolute atomic E-state index is 11.2. The topological polar surface area (TPSA) is 39.4 Å². The monoisotopic (exact) mass is 272 g/mol. The lowest BCUT2D eigenvalue weighted by Gasteiger charge is -2.11. The van der Waals surface area contributed by atoms with E-state index in [0.29, 0.717) is 5.75 Å². The van der Waals surface area contributed by atoms with E-state index in [4.69, 9.17) is 9.15 Å². The van der Waals surface area contributed by atoms with E-state index in [1.807, 2.05) is 42.5 Å². The molecule has 0 fully saturated rings. The maximum Gasteiger partial charge on any atom is 0.226 e. The minimum absolute atomic E-state index is 0.301. The number of hydrogen-bond donors (Lipinski definition) is 1. The molecule has 0 bridgehead atoms. The van der Waals surface area contributed by atoms with Gasteiger partial charge in [-0.25, -0.2) is 0 Å². The fourth-order valence-corrected chi connectivity index (χ4v) is 2.13. The van der Waals surface area contributed by atoms with Gasteiger partial charge in [0.15, 0.2) is 6.10 Å². The number of ether oxygens (including phenoxy) is 1. The molecule has 0 spiro atoms. The molecule has 0 N–H and O–H groups in total. The zero-order valence-corrected chi connectivity index (χ0v) is 11.2. The number of hydrogen-bond acceptors (Lipinski definition) is 3. The van der Waals surface area contributed by atoms with Crippen LogP contribution in [-0.2, 0) is 4.79 Å². The van der Waals surface area contributed by atoms with Crippen molar-refractivity contribution in [3.63, 3.8) is 0 Å². The van der Waals surface area contributed by atoms with Crippen molar-refractivity contribution >= 4 is 39.7 Å². The van der Waals surface area contributed by atoms with E-state index in [2.05, 4.69) is 12.6 Å². The number of carbonyl (C=O) groups excluding carboxylic acids is 1. The molecule has 0 aliphatic rings. The number of fused-ring (bicyclic) bond motifs is 3. The van der Waals surface area contributed by atoms with Crippen LogP contribution in [0.25, 0.3) is 21.9 Å². The van der Waals surface area contributed by atoms with Crippen molar-refractivity contribution in [2.45, 2.75) is 13.0 Å². The maximum atomic E-state index is 11.2. The molecule has 3 nitrogen and oxygen atoms in total. The minimum Gasteiger partial charge on any atom is -0.481 e. The van der Waals surface area contributed by atoms with Crippen LogP contribution in [-0.4, -0.2) is 11.2 Å². The fraction of sp³-hybridized carbons (Fsp3) is 0.133. The summed E-state index contributed by atoms with van der Waals surface area (Å²) >= 11 is 3.79. The van der Waals surface area contributed by atoms with Crippen molar-refractivity contribution in [1.82, 2.24) is 0 Å². The van der Waals surface area contributed by atoms with E-state index >= 15 is 0 Å². The van der Waals surface area contributed by atoms with E-state index in [1.165, 1.54) is 0 Å². The number of para-hydroxylation sites is 1. The quantitative estimate of drug-likeness (QED) is 0.737. The average Bonchev–Trinajstić information content (AvgIpc) is 2.77. The Hall–Kier alpha value is -1.94. The predicted octanol–water partition coefficient (Wildman–Crippen LogP) is 3.81. The van der Waals surface area contributed by atoms with Crippen molar-refractivity contribution in [3.8, 4) is 5.75 Å². The molecule has 0 aliphatic carbocycles. The summed E-state index contributed by atoms with van der Waals surface area (Å²) in [6.07, 6.45) is -0.595. The first kappa shape index (κ1) is 12.1. The highest BCUT2D eigenvalue weighted by Crippen LogP contribution is 2.35. The highest BCUT2D eigenvalue weighted by atomic mass is 32.1. The molecule has 3 rings (SSSR count). The molecule has 0 saturated carbocycles. The summed E-state index contributed by atoms with van der Waals surface area (Å²) in [7, 11) is 0. The van der Waals surface area contributed by atoms with Crippen molar-refractivity contribution in [1.29, 1.82) is 0 Å². The van der Waals surface area contributed by atoms with Crippen molar-refractivity contribution in [2.24, 2.45) is 0 Å². The van der Waals surface area contributed by atoms with Crippen LogP contribution in [0.15, 0.2) is 46.9 Å². The van der Waals surface area contributed by atoms with Crippen LogP contribution in [0.5, 0.6) is 5.75 Å². The third-order valence-electron chi connectivity index (χ3n) is 3.02. The van der Waals surface area contributed by atoms with E-state index in [9.17, 15) is 4.79 Å². The molecule has 1 heterocycles. The van der Waals surface area contributed by atoms with E-state index in [1.54, 1.807) is 6.92 Å². The molecule has 2 aromatic carbocycles. The van der Waals surface area contributed by atoms with Crippen LogP contribution in [0.1, 0.15) is 6.92 Å². The van der Waals surface area contributed by atoms with Crippen LogP contribution in [0.3, 0.4) is 0 Å². The van der Waals surface area contributed by atoms with Gasteiger partial charge in [0.05, 0.1) is 5.39 Å². The highest BCUT2D eigenvalue weighted by Gasteiger charge is 2.15. The van der Waals surface area contributed by atoms with Gasteiger partial charge >= 0.3 is 0 Å². The third kappa shape index (κ3) is 2.08. The molecule has 3 aromatic rings. The molecule has 0 aliphatic heterocycles. The van der Waals surface area contributed by atoms with Gasteiger partial charge in [0.2, 0.25) is 5.12 Å². The highest BCUT2D eigenvalue weighted by molar-refractivity contribution is 7.96. The van der Waals surface area contributed by atoms with Gasteiger partial charge in [-0.15, -0.1) is 12.6 Å². The van der Waals surface area contributed by atoms with Crippen molar-refractivity contribution in [3.05, 3.63) is 42.5 Å². The molecule has 19 heavy (non-hydrogen) atoms. The summed E-state index contributed by atoms with van der Waals surface area (Å²) in [4.78, 5) is 11.2. The molecule has 1 atom stereocenters. The first-order chi connectivity index (χ1) is 9.16. The van der Waals surface area contributed by atoms with Crippen molar-refractivity contribution < 1.29 is 13.9 Å². The fourth-order valence-electron chi connectivity index (χ4n) is 2.08. The SMILES string of the molecule is CC(Oc1cccc2oc3ccccc3c12)C(=O)S. The Morgan fingerprint density at radius 3 is 2.68 bits per heavy atom. The van der Waals surface area contributed by atoms with Gasteiger partial charge in [-0.3, -0.25) is 4.79 Å². The second-order valence-corrected chi connectivity index (χ2v) is 4.77. The summed E-state index contributed by atoms with van der Waals surface area (Å²) in [5, 5.41) is 1.57. The molecular formula is C15H12O3S. The standard InChI is InChI=1S/C15H12O3S/c1-9(15(16)19)17-12-7-4-8-13-14(12)10-5-2-3-6-11(10)18-13/h2-9H,1H3,(H,16,19). The second kappa shape index (κ2) is 4.63. The Kier molecular flexibility index (Phi) is 2.95. The summed E-state index contributed by atoms with van der Waals surface area (Å²) in [6.45, 7) is 1.68. The molecule has 0 radical (unpaired) electrons. The smallest absolute Gasteiger partial charge is 0.226 e. The zero-order chi connectivity index (χ0) is 13.4. The van der Waals surface area contributed by atoms with E-state index in [-0.39, 0.29) is 5.12 Å². The van der Waals surface area contributed by atoms with Crippen LogP contribution in [0.2, 0.25) is 0 Å². The predicted molar refractivity (Wildman–Crippen MR) is 77.8 cm³/mol. The van der Waals surface area contributed by atoms with Gasteiger partial charge in [0, 0.05) is 5.39 Å². The summed E-state index contributed by atoms with van der Waals surface area (Å²) in [5.74, 6) is 0.636. The Labute approximate surface area is 115 Å². The number of benzene rings is 2. The van der Waals surface area contributed by atoms with E-state index < -0.39 is 6.10 Å². The van der Waals surface area contributed by atoms with Crippen molar-refractivity contribution in [2.75, 3.05) is 0 Å². The first-order valence-corrected chi connectivity index (χ1v) is 6.41. The van der Waals surface area contributed by atoms with Crippen LogP contribution in [0, 0.1) is 0 Å². The zero-order valence-electron chi connectivity index (χ0n) is 10.3. The Balaban J connectivity index is 2.21. The minimum atomic E-state index is -0.595. The van der Waals surface area contributed by atoms with Gasteiger partial charge in [-0.2, -0.15) is 0 Å². The number of carbonyl (C=O) groups is 1. The van der Waals surface area contributed by atoms with Gasteiger partial charge in [0.1, 0.15) is 16.9 Å². The van der Waals surface area contributed by atoms with Gasteiger partial charge in [-0.1, -0.05) is 24.3 Å². The normalized spacial score (nSPS) is 12.7. The average molecular weight is 272 g/mol. The summed E-state index contributed by atoms with van der Waals surface area (Å²) < 4.78 is 11.4. The Bertz CT molecular complexity index is 760. The first-order valence-electron chi connectivity index (χ1n) is 5.96. The van der Waals surface area contributed by atoms with E-state index in [0.717, 1.165) is 21.9 Å². The van der Waals surface area contributed by atoms with Crippen LogP contribution < -0.4 is 4.74 Å². The molecule has 0 amide bonds. The number of thiol groups is 1. The largest absolute Gasteiger partial charge is 0.481 e. The lowest BCUT2D eigenvalue weighted by molar-refractivity contribution is -0.116. The van der Waals surface area contributed by atoms with Gasteiger partial charge < -0.3 is 9.15 Å². The van der Waals surface area contributed by atoms with Gasteiger partial charge in [0.25, 0.3) is 0 Å². The van der Waals surface area contributed by atoms with Crippen LogP contribution in [0.4, 0.5) is 0 Å². The molecule has 96 valence electrons. The number of rotatable bonds is 3. The van der Waals surface area contributed by atoms with Gasteiger partial charge in [-0.05, 0) is 25.1 Å². The lowest BCUT2D eigenvalue weighted by atomic mass is 10.1. The molecule has 0 saturated heterocycles. The van der Waals surface area contributed by atoms with Crippen LogP contribution >= 0.6 is 12.6 Å².